The highest BCUT2D eigenvalue weighted by Gasteiger charge is 2.34. The highest BCUT2D eigenvalue weighted by atomic mass is 32.2. The molecule has 0 saturated carbocycles. The van der Waals surface area contributed by atoms with Gasteiger partial charge in [-0.2, -0.15) is 0 Å². The van der Waals surface area contributed by atoms with Crippen LogP contribution in [0.25, 0.3) is 0 Å². The fourth-order valence-corrected chi connectivity index (χ4v) is 3.71. The van der Waals surface area contributed by atoms with Gasteiger partial charge in [0.15, 0.2) is 0 Å². The largest absolute Gasteiger partial charge is 0.350 e. The van der Waals surface area contributed by atoms with Crippen LogP contribution < -0.4 is 10.1 Å². The van der Waals surface area contributed by atoms with Gasteiger partial charge in [-0.05, 0) is 24.6 Å². The lowest BCUT2D eigenvalue weighted by molar-refractivity contribution is -0.122. The van der Waals surface area contributed by atoms with Gasteiger partial charge >= 0.3 is 0 Å². The number of hydrogen-bond donors (Lipinski definition) is 2. The van der Waals surface area contributed by atoms with E-state index in [2.05, 4.69) is 10.1 Å². The molecule has 2 amide bonds. The van der Waals surface area contributed by atoms with E-state index in [1.807, 2.05) is 31.2 Å². The molecule has 3 rings (SSSR count). The number of amides is 2. The Morgan fingerprint density at radius 1 is 1.12 bits per heavy atom. The van der Waals surface area contributed by atoms with E-state index >= 15 is 0 Å². The molecule has 0 atom stereocenters. The molecule has 0 aliphatic carbocycles. The molecular weight excluding hydrogens is 342 g/mol. The maximum absolute atomic E-state index is 12.4. The normalized spacial score (nSPS) is 15.6. The van der Waals surface area contributed by atoms with Gasteiger partial charge in [0.1, 0.15) is 6.54 Å². The number of rotatable bonds is 4. The standard InChI is InChI=1S/C17H17N3O4S/c1-12-6-8-13(9-7-12)10-18-16(21)11-20-17(22)14-4-2-3-5-15(14)25(23,24)19-20/h2-9,19H,10-11H2,1H3,(H,18,21). The van der Waals surface area contributed by atoms with E-state index in [-0.39, 0.29) is 10.5 Å². The molecule has 0 fully saturated rings. The first-order valence-corrected chi connectivity index (χ1v) is 9.11. The molecule has 0 aromatic heterocycles. The number of sulfonamides is 1. The van der Waals surface area contributed by atoms with Gasteiger partial charge in [-0.25, -0.2) is 8.42 Å². The van der Waals surface area contributed by atoms with Crippen molar-refractivity contribution in [3.8, 4) is 0 Å². The topological polar surface area (TPSA) is 95.6 Å². The van der Waals surface area contributed by atoms with Crippen LogP contribution in [-0.4, -0.2) is 31.8 Å². The molecule has 25 heavy (non-hydrogen) atoms. The zero-order valence-corrected chi connectivity index (χ0v) is 14.3. The molecule has 1 aliphatic rings. The zero-order valence-electron chi connectivity index (χ0n) is 13.5. The molecule has 2 N–H and O–H groups in total. The Kier molecular flexibility index (Phi) is 4.56. The molecule has 0 radical (unpaired) electrons. The molecule has 0 bridgehead atoms. The Hall–Kier alpha value is -2.71. The third kappa shape index (κ3) is 3.70. The SMILES string of the molecule is Cc1ccc(CNC(=O)CN2NS(=O)(=O)c3ccccc3C2=O)cc1. The predicted molar refractivity (Wildman–Crippen MR) is 90.8 cm³/mol. The molecular formula is C17H17N3O4S. The van der Waals surface area contributed by atoms with E-state index in [0.717, 1.165) is 16.1 Å². The maximum Gasteiger partial charge on any atom is 0.270 e. The second kappa shape index (κ2) is 6.66. The van der Waals surface area contributed by atoms with Crippen molar-refractivity contribution in [2.45, 2.75) is 18.4 Å². The average Bonchev–Trinajstić information content (AvgIpc) is 2.59. The second-order valence-electron chi connectivity index (χ2n) is 5.74. The minimum atomic E-state index is -3.87. The van der Waals surface area contributed by atoms with E-state index in [4.69, 9.17) is 0 Å². The fourth-order valence-electron chi connectivity index (χ4n) is 2.47. The van der Waals surface area contributed by atoms with Crippen LogP contribution in [0, 0.1) is 6.92 Å². The Labute approximate surface area is 145 Å². The average molecular weight is 359 g/mol. The Morgan fingerprint density at radius 3 is 2.52 bits per heavy atom. The van der Waals surface area contributed by atoms with Crippen LogP contribution in [0.4, 0.5) is 0 Å². The number of hydrazine groups is 1. The lowest BCUT2D eigenvalue weighted by atomic mass is 10.1. The summed E-state index contributed by atoms with van der Waals surface area (Å²) >= 11 is 0. The van der Waals surface area contributed by atoms with Gasteiger partial charge in [0.25, 0.3) is 15.9 Å². The molecule has 0 unspecified atom stereocenters. The van der Waals surface area contributed by atoms with Crippen molar-refractivity contribution in [1.29, 1.82) is 0 Å². The Balaban J connectivity index is 1.68. The quantitative estimate of drug-likeness (QED) is 0.850. The molecule has 130 valence electrons. The fraction of sp³-hybridized carbons (Fsp3) is 0.176. The van der Waals surface area contributed by atoms with Crippen LogP contribution in [0.15, 0.2) is 53.4 Å². The second-order valence-corrected chi connectivity index (χ2v) is 7.37. The maximum atomic E-state index is 12.4. The molecule has 0 saturated heterocycles. The highest BCUT2D eigenvalue weighted by molar-refractivity contribution is 7.89. The summed E-state index contributed by atoms with van der Waals surface area (Å²) in [5, 5.41) is 3.48. The molecule has 8 heteroatoms. The van der Waals surface area contributed by atoms with Crippen molar-refractivity contribution >= 4 is 21.8 Å². The summed E-state index contributed by atoms with van der Waals surface area (Å²) in [6, 6.07) is 13.5. The van der Waals surface area contributed by atoms with Crippen LogP contribution in [0.5, 0.6) is 0 Å². The number of carbonyl (C=O) groups excluding carboxylic acids is 2. The van der Waals surface area contributed by atoms with Gasteiger partial charge in [0.05, 0.1) is 10.5 Å². The lowest BCUT2D eigenvalue weighted by Gasteiger charge is -2.28. The number of aryl methyl sites for hydroxylation is 1. The van der Waals surface area contributed by atoms with E-state index < -0.39 is 28.4 Å². The summed E-state index contributed by atoms with van der Waals surface area (Å²) in [6.07, 6.45) is 0. The van der Waals surface area contributed by atoms with Crippen LogP contribution in [0.2, 0.25) is 0 Å². The predicted octanol–water partition coefficient (Wildman–Crippen LogP) is 0.961. The minimum Gasteiger partial charge on any atom is -0.350 e. The Morgan fingerprint density at radius 2 is 1.80 bits per heavy atom. The van der Waals surface area contributed by atoms with Crippen molar-refractivity contribution in [2.24, 2.45) is 0 Å². The summed E-state index contributed by atoms with van der Waals surface area (Å²) in [4.78, 5) is 26.5. The monoisotopic (exact) mass is 359 g/mol. The minimum absolute atomic E-state index is 0.0487. The van der Waals surface area contributed by atoms with E-state index in [9.17, 15) is 18.0 Å². The molecule has 2 aromatic carbocycles. The summed E-state index contributed by atoms with van der Waals surface area (Å²) in [6.45, 7) is 1.86. The first-order chi connectivity index (χ1) is 11.9. The molecule has 1 aliphatic heterocycles. The number of nitrogens with one attached hydrogen (secondary N) is 2. The van der Waals surface area contributed by atoms with Gasteiger partial charge in [-0.3, -0.25) is 14.6 Å². The molecule has 0 spiro atoms. The van der Waals surface area contributed by atoms with Crippen LogP contribution in [0.1, 0.15) is 21.5 Å². The first-order valence-electron chi connectivity index (χ1n) is 7.62. The van der Waals surface area contributed by atoms with Crippen LogP contribution >= 0.6 is 0 Å². The summed E-state index contributed by atoms with van der Waals surface area (Å²) in [7, 11) is -3.87. The molecule has 1 heterocycles. The van der Waals surface area contributed by atoms with E-state index in [1.54, 1.807) is 6.07 Å². The number of hydrogen-bond acceptors (Lipinski definition) is 4. The highest BCUT2D eigenvalue weighted by Crippen LogP contribution is 2.21. The lowest BCUT2D eigenvalue weighted by Crippen LogP contribution is -2.53. The zero-order chi connectivity index (χ0) is 18.0. The molecule has 7 nitrogen and oxygen atoms in total. The Bertz CT molecular complexity index is 923. The van der Waals surface area contributed by atoms with Gasteiger partial charge in [-0.15, -0.1) is 4.83 Å². The van der Waals surface area contributed by atoms with Crippen molar-refractivity contribution < 1.29 is 18.0 Å². The van der Waals surface area contributed by atoms with Gasteiger partial charge in [-0.1, -0.05) is 42.0 Å². The number of benzene rings is 2. The van der Waals surface area contributed by atoms with Crippen LogP contribution in [-0.2, 0) is 21.4 Å². The van der Waals surface area contributed by atoms with Gasteiger partial charge in [0, 0.05) is 6.54 Å². The number of carbonyl (C=O) groups is 2. The third-order valence-electron chi connectivity index (χ3n) is 3.79. The summed E-state index contributed by atoms with van der Waals surface area (Å²) < 4.78 is 24.4. The third-order valence-corrected chi connectivity index (χ3v) is 5.19. The van der Waals surface area contributed by atoms with Crippen molar-refractivity contribution in [2.75, 3.05) is 6.54 Å². The molecule has 2 aromatic rings. The summed E-state index contributed by atoms with van der Waals surface area (Å²) in [5.41, 5.74) is 2.07. The van der Waals surface area contributed by atoms with Crippen molar-refractivity contribution in [3.05, 3.63) is 65.2 Å². The van der Waals surface area contributed by atoms with Gasteiger partial charge < -0.3 is 5.32 Å². The van der Waals surface area contributed by atoms with Crippen molar-refractivity contribution in [1.82, 2.24) is 15.2 Å². The van der Waals surface area contributed by atoms with E-state index in [0.29, 0.717) is 6.54 Å². The number of nitrogens with zero attached hydrogens (tertiary/aromatic N) is 1. The van der Waals surface area contributed by atoms with Crippen LogP contribution in [0.3, 0.4) is 0 Å². The number of fused-ring (bicyclic) bond motifs is 1. The van der Waals surface area contributed by atoms with Gasteiger partial charge in [0.2, 0.25) is 5.91 Å². The van der Waals surface area contributed by atoms with E-state index in [1.165, 1.54) is 18.2 Å². The first kappa shape index (κ1) is 17.1. The summed E-state index contributed by atoms with van der Waals surface area (Å²) in [5.74, 6) is -1.02. The van der Waals surface area contributed by atoms with Crippen molar-refractivity contribution in [3.63, 3.8) is 0 Å². The smallest absolute Gasteiger partial charge is 0.270 e.